The standard InChI is InChI=1S/C19H30FN/c1-3-7-15-10-11-19(21-12-4-2)17(13-15)14-16-8-5-6-9-18(16)20/h5-6,8-9,15,17,19,21H,3-4,7,10-14H2,1-2H3. The molecule has 1 fully saturated rings. The van der Waals surface area contributed by atoms with Crippen LogP contribution in [-0.2, 0) is 6.42 Å². The van der Waals surface area contributed by atoms with Gasteiger partial charge >= 0.3 is 0 Å². The van der Waals surface area contributed by atoms with Crippen LogP contribution in [0.5, 0.6) is 0 Å². The van der Waals surface area contributed by atoms with Crippen LogP contribution in [0.2, 0.25) is 0 Å². The highest BCUT2D eigenvalue weighted by Gasteiger charge is 2.30. The molecule has 2 heteroatoms. The number of benzene rings is 1. The van der Waals surface area contributed by atoms with Crippen molar-refractivity contribution in [1.82, 2.24) is 5.32 Å². The van der Waals surface area contributed by atoms with Crippen molar-refractivity contribution in [3.05, 3.63) is 35.6 Å². The van der Waals surface area contributed by atoms with Crippen molar-refractivity contribution in [2.24, 2.45) is 11.8 Å². The molecular weight excluding hydrogens is 261 g/mol. The summed E-state index contributed by atoms with van der Waals surface area (Å²) in [6.07, 6.45) is 8.49. The molecule has 0 amide bonds. The van der Waals surface area contributed by atoms with Gasteiger partial charge in [0.15, 0.2) is 0 Å². The average Bonchev–Trinajstić information content (AvgIpc) is 2.49. The maximum atomic E-state index is 13.9. The van der Waals surface area contributed by atoms with Crippen LogP contribution in [0.15, 0.2) is 24.3 Å². The molecule has 0 bridgehead atoms. The Balaban J connectivity index is 2.03. The maximum Gasteiger partial charge on any atom is 0.126 e. The van der Waals surface area contributed by atoms with Gasteiger partial charge in [0.1, 0.15) is 5.82 Å². The summed E-state index contributed by atoms with van der Waals surface area (Å²) in [4.78, 5) is 0. The molecule has 2 rings (SSSR count). The third-order valence-electron chi connectivity index (χ3n) is 4.88. The van der Waals surface area contributed by atoms with Crippen LogP contribution in [0.3, 0.4) is 0 Å². The van der Waals surface area contributed by atoms with Crippen molar-refractivity contribution >= 4 is 0 Å². The first-order chi connectivity index (χ1) is 10.2. The molecule has 0 spiro atoms. The summed E-state index contributed by atoms with van der Waals surface area (Å²) in [5, 5.41) is 3.70. The van der Waals surface area contributed by atoms with Crippen LogP contribution < -0.4 is 5.32 Å². The molecular formula is C19H30FN. The number of rotatable bonds is 7. The summed E-state index contributed by atoms with van der Waals surface area (Å²) < 4.78 is 13.9. The second-order valence-corrected chi connectivity index (χ2v) is 6.58. The number of nitrogens with one attached hydrogen (secondary N) is 1. The van der Waals surface area contributed by atoms with Crippen LogP contribution in [0.4, 0.5) is 4.39 Å². The lowest BCUT2D eigenvalue weighted by atomic mass is 9.74. The van der Waals surface area contributed by atoms with Crippen molar-refractivity contribution in [3.63, 3.8) is 0 Å². The topological polar surface area (TPSA) is 12.0 Å². The van der Waals surface area contributed by atoms with Crippen molar-refractivity contribution in [2.45, 2.75) is 64.8 Å². The van der Waals surface area contributed by atoms with Gasteiger partial charge in [0.2, 0.25) is 0 Å². The summed E-state index contributed by atoms with van der Waals surface area (Å²) in [7, 11) is 0. The third kappa shape index (κ3) is 4.81. The van der Waals surface area contributed by atoms with Gasteiger partial charge in [-0.1, -0.05) is 44.9 Å². The van der Waals surface area contributed by atoms with Crippen molar-refractivity contribution < 1.29 is 4.39 Å². The molecule has 1 N–H and O–H groups in total. The van der Waals surface area contributed by atoms with E-state index in [1.54, 1.807) is 12.1 Å². The lowest BCUT2D eigenvalue weighted by Gasteiger charge is -2.37. The van der Waals surface area contributed by atoms with E-state index in [-0.39, 0.29) is 5.82 Å². The Kier molecular flexibility index (Phi) is 6.69. The minimum absolute atomic E-state index is 0.0376. The molecule has 1 saturated carbocycles. The van der Waals surface area contributed by atoms with E-state index in [4.69, 9.17) is 0 Å². The van der Waals surface area contributed by atoms with E-state index in [9.17, 15) is 4.39 Å². The van der Waals surface area contributed by atoms with E-state index < -0.39 is 0 Å². The fourth-order valence-corrected chi connectivity index (χ4v) is 3.80. The van der Waals surface area contributed by atoms with Crippen LogP contribution in [0.1, 0.15) is 57.9 Å². The summed E-state index contributed by atoms with van der Waals surface area (Å²) in [6, 6.07) is 7.86. The minimum atomic E-state index is -0.0376. The highest BCUT2D eigenvalue weighted by molar-refractivity contribution is 5.18. The molecule has 3 atom stereocenters. The zero-order valence-corrected chi connectivity index (χ0v) is 13.6. The third-order valence-corrected chi connectivity index (χ3v) is 4.88. The van der Waals surface area contributed by atoms with Gasteiger partial charge in [-0.15, -0.1) is 0 Å². The predicted molar refractivity (Wildman–Crippen MR) is 87.9 cm³/mol. The van der Waals surface area contributed by atoms with Crippen LogP contribution >= 0.6 is 0 Å². The highest BCUT2D eigenvalue weighted by Crippen LogP contribution is 2.34. The van der Waals surface area contributed by atoms with Gasteiger partial charge in [-0.2, -0.15) is 0 Å². The van der Waals surface area contributed by atoms with E-state index in [2.05, 4.69) is 19.2 Å². The normalized spacial score (nSPS) is 26.0. The quantitative estimate of drug-likeness (QED) is 0.749. The molecule has 1 aliphatic carbocycles. The second kappa shape index (κ2) is 8.53. The first kappa shape index (κ1) is 16.5. The molecule has 1 nitrogen and oxygen atoms in total. The Hall–Kier alpha value is -0.890. The monoisotopic (exact) mass is 291 g/mol. The first-order valence-electron chi connectivity index (χ1n) is 8.71. The predicted octanol–water partition coefficient (Wildman–Crippen LogP) is 4.95. The molecule has 0 heterocycles. The van der Waals surface area contributed by atoms with Gasteiger partial charge in [-0.25, -0.2) is 4.39 Å². The molecule has 118 valence electrons. The fourth-order valence-electron chi connectivity index (χ4n) is 3.80. The summed E-state index contributed by atoms with van der Waals surface area (Å²) in [5.74, 6) is 1.38. The van der Waals surface area contributed by atoms with E-state index in [1.807, 2.05) is 12.1 Å². The smallest absolute Gasteiger partial charge is 0.126 e. The van der Waals surface area contributed by atoms with Crippen molar-refractivity contribution in [3.8, 4) is 0 Å². The van der Waals surface area contributed by atoms with Crippen LogP contribution in [-0.4, -0.2) is 12.6 Å². The largest absolute Gasteiger partial charge is 0.314 e. The molecule has 21 heavy (non-hydrogen) atoms. The van der Waals surface area contributed by atoms with Gasteiger partial charge in [0.25, 0.3) is 0 Å². The van der Waals surface area contributed by atoms with Crippen LogP contribution in [0, 0.1) is 17.7 Å². The maximum absolute atomic E-state index is 13.9. The lowest BCUT2D eigenvalue weighted by Crippen LogP contribution is -2.42. The summed E-state index contributed by atoms with van der Waals surface area (Å²) in [6.45, 7) is 5.56. The van der Waals surface area contributed by atoms with Gasteiger partial charge in [0.05, 0.1) is 0 Å². The van der Waals surface area contributed by atoms with Crippen molar-refractivity contribution in [2.75, 3.05) is 6.54 Å². The Morgan fingerprint density at radius 3 is 2.67 bits per heavy atom. The first-order valence-corrected chi connectivity index (χ1v) is 8.71. The van der Waals surface area contributed by atoms with Crippen molar-refractivity contribution in [1.29, 1.82) is 0 Å². The zero-order chi connectivity index (χ0) is 15.1. The lowest BCUT2D eigenvalue weighted by molar-refractivity contribution is 0.193. The SMILES string of the molecule is CCCNC1CCC(CCC)CC1Cc1ccccc1F. The Morgan fingerprint density at radius 2 is 1.95 bits per heavy atom. The molecule has 0 radical (unpaired) electrons. The molecule has 0 aromatic heterocycles. The van der Waals surface area contributed by atoms with E-state index in [1.165, 1.54) is 38.5 Å². The Bertz CT molecular complexity index is 418. The van der Waals surface area contributed by atoms with Crippen LogP contribution in [0.25, 0.3) is 0 Å². The molecule has 3 unspecified atom stereocenters. The number of halogens is 1. The summed E-state index contributed by atoms with van der Waals surface area (Å²) >= 11 is 0. The van der Waals surface area contributed by atoms with Gasteiger partial charge in [0, 0.05) is 6.04 Å². The second-order valence-electron chi connectivity index (χ2n) is 6.58. The van der Waals surface area contributed by atoms with Gasteiger partial charge in [-0.3, -0.25) is 0 Å². The molecule has 0 saturated heterocycles. The zero-order valence-electron chi connectivity index (χ0n) is 13.6. The van der Waals surface area contributed by atoms with Gasteiger partial charge in [-0.05, 0) is 62.1 Å². The Labute approximate surface area is 129 Å². The fraction of sp³-hybridized carbons (Fsp3) is 0.684. The molecule has 1 aromatic rings. The average molecular weight is 291 g/mol. The minimum Gasteiger partial charge on any atom is -0.314 e. The Morgan fingerprint density at radius 1 is 1.14 bits per heavy atom. The number of hydrogen-bond acceptors (Lipinski definition) is 1. The summed E-state index contributed by atoms with van der Waals surface area (Å²) in [5.41, 5.74) is 0.892. The highest BCUT2D eigenvalue weighted by atomic mass is 19.1. The molecule has 1 aromatic carbocycles. The van der Waals surface area contributed by atoms with E-state index in [0.29, 0.717) is 12.0 Å². The van der Waals surface area contributed by atoms with E-state index in [0.717, 1.165) is 24.4 Å². The molecule has 1 aliphatic rings. The van der Waals surface area contributed by atoms with Gasteiger partial charge < -0.3 is 5.32 Å². The number of hydrogen-bond donors (Lipinski definition) is 1. The van der Waals surface area contributed by atoms with E-state index >= 15 is 0 Å². The molecule has 0 aliphatic heterocycles.